The molecular weight excluding hydrogens is 358 g/mol. The van der Waals surface area contributed by atoms with E-state index in [1.165, 1.54) is 5.56 Å². The second kappa shape index (κ2) is 8.06. The summed E-state index contributed by atoms with van der Waals surface area (Å²) in [6.07, 6.45) is 4.42. The van der Waals surface area contributed by atoms with E-state index in [0.29, 0.717) is 10.9 Å². The SMILES string of the molecule is Clc1cccc(-c2noc(NCCc3ccccc3)c2-c2ccncc2)c1. The predicted octanol–water partition coefficient (Wildman–Crippen LogP) is 5.71. The second-order valence-electron chi connectivity index (χ2n) is 6.14. The van der Waals surface area contributed by atoms with Gasteiger partial charge in [-0.2, -0.15) is 0 Å². The Morgan fingerprint density at radius 1 is 0.889 bits per heavy atom. The molecule has 0 amide bonds. The minimum Gasteiger partial charge on any atom is -0.353 e. The van der Waals surface area contributed by atoms with Gasteiger partial charge in [0.05, 0.1) is 5.56 Å². The Bertz CT molecular complexity index is 1020. The maximum atomic E-state index is 6.17. The van der Waals surface area contributed by atoms with Crippen molar-refractivity contribution >= 4 is 17.5 Å². The molecule has 27 heavy (non-hydrogen) atoms. The molecule has 4 aromatic rings. The molecule has 0 aliphatic heterocycles. The van der Waals surface area contributed by atoms with Gasteiger partial charge in [-0.1, -0.05) is 59.2 Å². The maximum Gasteiger partial charge on any atom is 0.233 e. The number of rotatable bonds is 6. The number of pyridine rings is 1. The van der Waals surface area contributed by atoms with Gasteiger partial charge < -0.3 is 9.84 Å². The van der Waals surface area contributed by atoms with Crippen LogP contribution in [0.5, 0.6) is 0 Å². The monoisotopic (exact) mass is 375 g/mol. The highest BCUT2D eigenvalue weighted by Gasteiger charge is 2.19. The van der Waals surface area contributed by atoms with E-state index in [4.69, 9.17) is 16.1 Å². The molecule has 2 heterocycles. The van der Waals surface area contributed by atoms with Crippen LogP contribution in [0.15, 0.2) is 83.6 Å². The van der Waals surface area contributed by atoms with Gasteiger partial charge >= 0.3 is 0 Å². The predicted molar refractivity (Wildman–Crippen MR) is 109 cm³/mol. The number of halogens is 1. The standard InChI is InChI=1S/C22H18ClN3O/c23-19-8-4-7-18(15-19)21-20(17-10-12-24-13-11-17)22(27-26-21)25-14-9-16-5-2-1-3-6-16/h1-8,10-13,15,25H,9,14H2. The average molecular weight is 376 g/mol. The molecule has 0 atom stereocenters. The first-order valence-electron chi connectivity index (χ1n) is 8.75. The van der Waals surface area contributed by atoms with Crippen molar-refractivity contribution in [3.8, 4) is 22.4 Å². The minimum absolute atomic E-state index is 0.645. The molecule has 0 radical (unpaired) electrons. The molecule has 1 N–H and O–H groups in total. The fourth-order valence-electron chi connectivity index (χ4n) is 3.00. The zero-order chi connectivity index (χ0) is 18.5. The Balaban J connectivity index is 1.65. The van der Waals surface area contributed by atoms with Gasteiger partial charge in [-0.3, -0.25) is 4.98 Å². The largest absolute Gasteiger partial charge is 0.353 e. The van der Waals surface area contributed by atoms with Gasteiger partial charge in [-0.25, -0.2) is 0 Å². The molecule has 2 aromatic carbocycles. The summed E-state index contributed by atoms with van der Waals surface area (Å²) in [5, 5.41) is 8.36. The summed E-state index contributed by atoms with van der Waals surface area (Å²) in [6.45, 7) is 0.742. The van der Waals surface area contributed by atoms with E-state index in [1.54, 1.807) is 12.4 Å². The molecular formula is C22H18ClN3O. The van der Waals surface area contributed by atoms with Gasteiger partial charge in [-0.15, -0.1) is 0 Å². The van der Waals surface area contributed by atoms with Crippen molar-refractivity contribution in [2.75, 3.05) is 11.9 Å². The lowest BCUT2D eigenvalue weighted by Crippen LogP contribution is -2.05. The molecule has 0 spiro atoms. The van der Waals surface area contributed by atoms with Gasteiger partial charge in [0.2, 0.25) is 5.88 Å². The topological polar surface area (TPSA) is 51.0 Å². The molecule has 134 valence electrons. The third kappa shape index (κ3) is 4.01. The van der Waals surface area contributed by atoms with E-state index in [2.05, 4.69) is 27.6 Å². The van der Waals surface area contributed by atoms with Crippen LogP contribution in [0.3, 0.4) is 0 Å². The molecule has 0 saturated heterocycles. The molecule has 4 rings (SSSR count). The molecule has 0 bridgehead atoms. The first-order valence-corrected chi connectivity index (χ1v) is 9.13. The highest BCUT2D eigenvalue weighted by Crippen LogP contribution is 2.38. The number of nitrogens with one attached hydrogen (secondary N) is 1. The highest BCUT2D eigenvalue weighted by molar-refractivity contribution is 6.30. The van der Waals surface area contributed by atoms with Crippen molar-refractivity contribution in [1.82, 2.24) is 10.1 Å². The Labute approximate surface area is 162 Å². The van der Waals surface area contributed by atoms with Crippen LogP contribution in [-0.2, 0) is 6.42 Å². The number of hydrogen-bond donors (Lipinski definition) is 1. The van der Waals surface area contributed by atoms with Crippen LogP contribution < -0.4 is 5.32 Å². The summed E-state index contributed by atoms with van der Waals surface area (Å²) in [5.74, 6) is 0.645. The minimum atomic E-state index is 0.645. The van der Waals surface area contributed by atoms with E-state index in [0.717, 1.165) is 35.3 Å². The number of aromatic nitrogens is 2. The van der Waals surface area contributed by atoms with Crippen LogP contribution >= 0.6 is 11.6 Å². The Morgan fingerprint density at radius 2 is 1.70 bits per heavy atom. The van der Waals surface area contributed by atoms with Crippen molar-refractivity contribution < 1.29 is 4.52 Å². The van der Waals surface area contributed by atoms with Crippen molar-refractivity contribution in [2.24, 2.45) is 0 Å². The van der Waals surface area contributed by atoms with Crippen LogP contribution in [0.4, 0.5) is 5.88 Å². The lowest BCUT2D eigenvalue weighted by molar-refractivity contribution is 0.435. The Kier molecular flexibility index (Phi) is 5.17. The van der Waals surface area contributed by atoms with Gasteiger partial charge in [0.25, 0.3) is 0 Å². The summed E-state index contributed by atoms with van der Waals surface area (Å²) in [5.41, 5.74) is 4.83. The fraction of sp³-hybridized carbons (Fsp3) is 0.0909. The van der Waals surface area contributed by atoms with Crippen LogP contribution in [0.2, 0.25) is 5.02 Å². The second-order valence-corrected chi connectivity index (χ2v) is 6.58. The van der Waals surface area contributed by atoms with Crippen LogP contribution in [0.1, 0.15) is 5.56 Å². The summed E-state index contributed by atoms with van der Waals surface area (Å²) < 4.78 is 5.66. The molecule has 0 fully saturated rings. The van der Waals surface area contributed by atoms with Crippen molar-refractivity contribution in [3.63, 3.8) is 0 Å². The number of benzene rings is 2. The summed E-state index contributed by atoms with van der Waals surface area (Å²) in [6, 6.07) is 21.8. The van der Waals surface area contributed by atoms with Crippen LogP contribution in [0, 0.1) is 0 Å². The summed E-state index contributed by atoms with van der Waals surface area (Å²) >= 11 is 6.17. The van der Waals surface area contributed by atoms with Crippen molar-refractivity contribution in [1.29, 1.82) is 0 Å². The van der Waals surface area contributed by atoms with Gasteiger partial charge in [0, 0.05) is 29.5 Å². The first-order chi connectivity index (χ1) is 13.3. The highest BCUT2D eigenvalue weighted by atomic mass is 35.5. The smallest absolute Gasteiger partial charge is 0.233 e. The molecule has 5 heteroatoms. The third-order valence-corrected chi connectivity index (χ3v) is 4.54. The van der Waals surface area contributed by atoms with Gasteiger partial charge in [0.15, 0.2) is 0 Å². The number of anilines is 1. The van der Waals surface area contributed by atoms with E-state index in [1.807, 2.05) is 54.6 Å². The maximum absolute atomic E-state index is 6.17. The number of hydrogen-bond acceptors (Lipinski definition) is 4. The van der Waals surface area contributed by atoms with E-state index >= 15 is 0 Å². The molecule has 0 unspecified atom stereocenters. The molecule has 0 aliphatic carbocycles. The summed E-state index contributed by atoms with van der Waals surface area (Å²) in [7, 11) is 0. The normalized spacial score (nSPS) is 10.7. The molecule has 4 nitrogen and oxygen atoms in total. The van der Waals surface area contributed by atoms with E-state index < -0.39 is 0 Å². The van der Waals surface area contributed by atoms with E-state index in [9.17, 15) is 0 Å². The summed E-state index contributed by atoms with van der Waals surface area (Å²) in [4.78, 5) is 4.11. The fourth-order valence-corrected chi connectivity index (χ4v) is 3.19. The Morgan fingerprint density at radius 3 is 2.48 bits per heavy atom. The van der Waals surface area contributed by atoms with Crippen LogP contribution in [-0.4, -0.2) is 16.7 Å². The van der Waals surface area contributed by atoms with Crippen molar-refractivity contribution in [2.45, 2.75) is 6.42 Å². The lowest BCUT2D eigenvalue weighted by atomic mass is 10.0. The first kappa shape index (κ1) is 17.3. The van der Waals surface area contributed by atoms with Crippen LogP contribution in [0.25, 0.3) is 22.4 Å². The number of nitrogens with zero attached hydrogens (tertiary/aromatic N) is 2. The zero-order valence-corrected chi connectivity index (χ0v) is 15.4. The lowest BCUT2D eigenvalue weighted by Gasteiger charge is -2.07. The molecule has 0 saturated carbocycles. The molecule has 2 aromatic heterocycles. The molecule has 0 aliphatic rings. The quantitative estimate of drug-likeness (QED) is 0.468. The van der Waals surface area contributed by atoms with Crippen molar-refractivity contribution in [3.05, 3.63) is 89.7 Å². The average Bonchev–Trinajstić information content (AvgIpc) is 3.13. The Hall–Kier alpha value is -3.11. The zero-order valence-electron chi connectivity index (χ0n) is 14.6. The van der Waals surface area contributed by atoms with Gasteiger partial charge in [0.1, 0.15) is 5.69 Å². The van der Waals surface area contributed by atoms with E-state index in [-0.39, 0.29) is 0 Å². The third-order valence-electron chi connectivity index (χ3n) is 4.30. The van der Waals surface area contributed by atoms with Gasteiger partial charge in [-0.05, 0) is 41.8 Å².